The lowest BCUT2D eigenvalue weighted by molar-refractivity contribution is -0.129. The van der Waals surface area contributed by atoms with Crippen molar-refractivity contribution in [2.75, 3.05) is 0 Å². The molecular formula is C20H18FNO2. The molecule has 0 saturated carbocycles. The highest BCUT2D eigenvalue weighted by Gasteiger charge is 2.24. The first-order valence-corrected chi connectivity index (χ1v) is 7.72. The SMILES string of the molecule is CC(C)(C)c1ccc(C2=NC(=Cc3cccc(F)c3)C(=O)O2)cc1. The fourth-order valence-electron chi connectivity index (χ4n) is 2.40. The Labute approximate surface area is 140 Å². The third-order valence-electron chi connectivity index (χ3n) is 3.77. The van der Waals surface area contributed by atoms with Gasteiger partial charge in [-0.3, -0.25) is 0 Å². The van der Waals surface area contributed by atoms with Crippen LogP contribution in [0.4, 0.5) is 4.39 Å². The topological polar surface area (TPSA) is 38.7 Å². The molecular weight excluding hydrogens is 305 g/mol. The maximum absolute atomic E-state index is 13.2. The van der Waals surface area contributed by atoms with Gasteiger partial charge in [0.1, 0.15) is 5.82 Å². The van der Waals surface area contributed by atoms with E-state index in [9.17, 15) is 9.18 Å². The zero-order valence-corrected chi connectivity index (χ0v) is 13.8. The molecule has 0 aromatic heterocycles. The molecule has 1 aliphatic rings. The molecule has 1 aliphatic heterocycles. The summed E-state index contributed by atoms with van der Waals surface area (Å²) in [5, 5.41) is 0. The number of esters is 1. The Balaban J connectivity index is 1.89. The normalized spacial score (nSPS) is 16.2. The Morgan fingerprint density at radius 1 is 1.08 bits per heavy atom. The second-order valence-electron chi connectivity index (χ2n) is 6.72. The molecule has 1 heterocycles. The summed E-state index contributed by atoms with van der Waals surface area (Å²) in [7, 11) is 0. The number of nitrogens with zero attached hydrogens (tertiary/aromatic N) is 1. The molecule has 0 saturated heterocycles. The average molecular weight is 323 g/mol. The van der Waals surface area contributed by atoms with Crippen molar-refractivity contribution in [2.24, 2.45) is 4.99 Å². The van der Waals surface area contributed by atoms with E-state index < -0.39 is 5.97 Å². The van der Waals surface area contributed by atoms with Crippen molar-refractivity contribution in [1.29, 1.82) is 0 Å². The molecule has 24 heavy (non-hydrogen) atoms. The minimum absolute atomic E-state index is 0.0507. The predicted octanol–water partition coefficient (Wildman–Crippen LogP) is 4.47. The molecule has 0 unspecified atom stereocenters. The fourth-order valence-corrected chi connectivity index (χ4v) is 2.40. The van der Waals surface area contributed by atoms with Gasteiger partial charge in [-0.1, -0.05) is 45.0 Å². The summed E-state index contributed by atoms with van der Waals surface area (Å²) in [5.41, 5.74) is 2.70. The van der Waals surface area contributed by atoms with Crippen molar-refractivity contribution in [3.63, 3.8) is 0 Å². The number of benzene rings is 2. The molecule has 0 radical (unpaired) electrons. The highest BCUT2D eigenvalue weighted by molar-refractivity contribution is 6.12. The third kappa shape index (κ3) is 3.43. The van der Waals surface area contributed by atoms with Crippen LogP contribution in [0.2, 0.25) is 0 Å². The zero-order valence-electron chi connectivity index (χ0n) is 13.8. The summed E-state index contributed by atoms with van der Waals surface area (Å²) in [6.07, 6.45) is 1.52. The van der Waals surface area contributed by atoms with Crippen molar-refractivity contribution < 1.29 is 13.9 Å². The van der Waals surface area contributed by atoms with Gasteiger partial charge in [-0.15, -0.1) is 0 Å². The molecule has 0 spiro atoms. The number of cyclic esters (lactones) is 1. The van der Waals surface area contributed by atoms with Crippen LogP contribution in [0, 0.1) is 5.82 Å². The summed E-state index contributed by atoms with van der Waals surface area (Å²) in [4.78, 5) is 16.2. The van der Waals surface area contributed by atoms with E-state index in [0.29, 0.717) is 5.56 Å². The molecule has 0 atom stereocenters. The van der Waals surface area contributed by atoms with Crippen LogP contribution in [-0.2, 0) is 14.9 Å². The van der Waals surface area contributed by atoms with Gasteiger partial charge in [0.15, 0.2) is 5.70 Å². The molecule has 0 aliphatic carbocycles. The molecule has 0 N–H and O–H groups in total. The summed E-state index contributed by atoms with van der Waals surface area (Å²) in [6.45, 7) is 6.40. The van der Waals surface area contributed by atoms with Gasteiger partial charge >= 0.3 is 5.97 Å². The van der Waals surface area contributed by atoms with Crippen LogP contribution >= 0.6 is 0 Å². The van der Waals surface area contributed by atoms with Crippen LogP contribution < -0.4 is 0 Å². The zero-order chi connectivity index (χ0) is 17.3. The molecule has 4 heteroatoms. The second kappa shape index (κ2) is 6.04. The average Bonchev–Trinajstić information content (AvgIpc) is 2.88. The Morgan fingerprint density at radius 2 is 1.79 bits per heavy atom. The van der Waals surface area contributed by atoms with Gasteiger partial charge in [0.05, 0.1) is 0 Å². The van der Waals surface area contributed by atoms with Crippen LogP contribution in [0.25, 0.3) is 6.08 Å². The Bertz CT molecular complexity index is 843. The quantitative estimate of drug-likeness (QED) is 0.604. The first kappa shape index (κ1) is 16.1. The fraction of sp³-hybridized carbons (Fsp3) is 0.200. The van der Waals surface area contributed by atoms with Crippen molar-refractivity contribution in [1.82, 2.24) is 0 Å². The van der Waals surface area contributed by atoms with E-state index in [1.807, 2.05) is 24.3 Å². The first-order valence-electron chi connectivity index (χ1n) is 7.72. The molecule has 2 aromatic rings. The van der Waals surface area contributed by atoms with Gasteiger partial charge in [-0.2, -0.15) is 0 Å². The highest BCUT2D eigenvalue weighted by atomic mass is 19.1. The van der Waals surface area contributed by atoms with Crippen LogP contribution in [0.5, 0.6) is 0 Å². The lowest BCUT2D eigenvalue weighted by Crippen LogP contribution is -2.11. The standard InChI is InChI=1S/C20H18FNO2/c1-20(2,3)15-9-7-14(8-10-15)18-22-17(19(23)24-18)12-13-5-4-6-16(21)11-13/h4-12H,1-3H3. The number of rotatable bonds is 2. The van der Waals surface area contributed by atoms with Crippen LogP contribution in [0.3, 0.4) is 0 Å². The predicted molar refractivity (Wildman–Crippen MR) is 92.1 cm³/mol. The number of carbonyl (C=O) groups is 1. The number of carbonyl (C=O) groups excluding carboxylic acids is 1. The van der Waals surface area contributed by atoms with Crippen LogP contribution in [0.15, 0.2) is 59.2 Å². The smallest absolute Gasteiger partial charge is 0.363 e. The number of halogens is 1. The van der Waals surface area contributed by atoms with E-state index in [2.05, 4.69) is 25.8 Å². The Hall–Kier alpha value is -2.75. The van der Waals surface area contributed by atoms with Gasteiger partial charge in [-0.05, 0) is 46.9 Å². The summed E-state index contributed by atoms with van der Waals surface area (Å²) in [6, 6.07) is 13.7. The van der Waals surface area contributed by atoms with E-state index in [1.54, 1.807) is 12.1 Å². The number of aliphatic imine (C=N–C) groups is 1. The molecule has 2 aromatic carbocycles. The van der Waals surface area contributed by atoms with Crippen molar-refractivity contribution in [3.8, 4) is 0 Å². The molecule has 0 fully saturated rings. The first-order chi connectivity index (χ1) is 11.3. The second-order valence-corrected chi connectivity index (χ2v) is 6.72. The van der Waals surface area contributed by atoms with Gasteiger partial charge in [0.25, 0.3) is 0 Å². The third-order valence-corrected chi connectivity index (χ3v) is 3.77. The van der Waals surface area contributed by atoms with E-state index >= 15 is 0 Å². The van der Waals surface area contributed by atoms with Crippen LogP contribution in [-0.4, -0.2) is 11.9 Å². The summed E-state index contributed by atoms with van der Waals surface area (Å²) in [5.74, 6) is -0.630. The number of hydrogen-bond donors (Lipinski definition) is 0. The van der Waals surface area contributed by atoms with Gasteiger partial charge in [0, 0.05) is 5.56 Å². The largest absolute Gasteiger partial charge is 0.402 e. The Kier molecular flexibility index (Phi) is 4.06. The van der Waals surface area contributed by atoms with Gasteiger partial charge in [-0.25, -0.2) is 14.2 Å². The maximum atomic E-state index is 13.2. The molecule has 3 nitrogen and oxygen atoms in total. The van der Waals surface area contributed by atoms with Gasteiger partial charge in [0.2, 0.25) is 5.90 Å². The minimum Gasteiger partial charge on any atom is -0.402 e. The van der Waals surface area contributed by atoms with Crippen LogP contribution in [0.1, 0.15) is 37.5 Å². The van der Waals surface area contributed by atoms with E-state index in [1.165, 1.54) is 23.8 Å². The number of ether oxygens (including phenoxy) is 1. The minimum atomic E-state index is -0.533. The lowest BCUT2D eigenvalue weighted by Gasteiger charge is -2.18. The molecule has 0 bridgehead atoms. The summed E-state index contributed by atoms with van der Waals surface area (Å²) >= 11 is 0. The monoisotopic (exact) mass is 323 g/mol. The van der Waals surface area contributed by atoms with E-state index in [0.717, 1.165) is 5.56 Å². The number of hydrogen-bond acceptors (Lipinski definition) is 3. The molecule has 3 rings (SSSR count). The lowest BCUT2D eigenvalue weighted by atomic mass is 9.87. The molecule has 122 valence electrons. The highest BCUT2D eigenvalue weighted by Crippen LogP contribution is 2.24. The van der Waals surface area contributed by atoms with Crippen molar-refractivity contribution in [3.05, 3.63) is 76.7 Å². The van der Waals surface area contributed by atoms with Crippen molar-refractivity contribution in [2.45, 2.75) is 26.2 Å². The maximum Gasteiger partial charge on any atom is 0.363 e. The summed E-state index contributed by atoms with van der Waals surface area (Å²) < 4.78 is 18.5. The van der Waals surface area contributed by atoms with E-state index in [4.69, 9.17) is 4.74 Å². The van der Waals surface area contributed by atoms with Crippen molar-refractivity contribution >= 4 is 17.9 Å². The van der Waals surface area contributed by atoms with Gasteiger partial charge < -0.3 is 4.74 Å². The Morgan fingerprint density at radius 3 is 2.42 bits per heavy atom. The van der Waals surface area contributed by atoms with E-state index in [-0.39, 0.29) is 22.8 Å². The molecule has 0 amide bonds.